The van der Waals surface area contributed by atoms with Crippen LogP contribution < -0.4 is 10.1 Å². The van der Waals surface area contributed by atoms with Crippen molar-refractivity contribution in [3.05, 3.63) is 52.9 Å². The number of benzene rings is 1. The third-order valence-corrected chi connectivity index (χ3v) is 4.75. The molecule has 0 saturated carbocycles. The Morgan fingerprint density at radius 3 is 2.82 bits per heavy atom. The number of esters is 1. The first kappa shape index (κ1) is 19.6. The van der Waals surface area contributed by atoms with Gasteiger partial charge >= 0.3 is 5.97 Å². The maximum atomic E-state index is 13.7. The minimum absolute atomic E-state index is 0.170. The van der Waals surface area contributed by atoms with Crippen LogP contribution in [0.25, 0.3) is 11.3 Å². The van der Waals surface area contributed by atoms with Crippen molar-refractivity contribution in [2.75, 3.05) is 19.5 Å². The SMILES string of the molecule is COC(=O)c1cc(-c2csc(NC(=O)CCc3ccc(OC)c(F)c3)n2)c[nH]1. The van der Waals surface area contributed by atoms with Gasteiger partial charge in [0.15, 0.2) is 16.7 Å². The van der Waals surface area contributed by atoms with Crippen LogP contribution in [-0.4, -0.2) is 36.1 Å². The molecule has 2 heterocycles. The van der Waals surface area contributed by atoms with Gasteiger partial charge in [0.05, 0.1) is 19.9 Å². The van der Waals surface area contributed by atoms with E-state index in [1.165, 1.54) is 37.7 Å². The molecular formula is C19H18FN3O4S. The molecule has 2 N–H and O–H groups in total. The maximum absolute atomic E-state index is 13.7. The number of aromatic nitrogens is 2. The topological polar surface area (TPSA) is 93.3 Å². The number of ether oxygens (including phenoxy) is 2. The Labute approximate surface area is 164 Å². The van der Waals surface area contributed by atoms with Crippen LogP contribution in [0, 0.1) is 5.82 Å². The van der Waals surface area contributed by atoms with Gasteiger partial charge < -0.3 is 19.8 Å². The third kappa shape index (κ3) is 4.55. The van der Waals surface area contributed by atoms with Crippen LogP contribution in [-0.2, 0) is 16.0 Å². The summed E-state index contributed by atoms with van der Waals surface area (Å²) >= 11 is 1.28. The lowest BCUT2D eigenvalue weighted by Crippen LogP contribution is -2.12. The highest BCUT2D eigenvalue weighted by molar-refractivity contribution is 7.14. The van der Waals surface area contributed by atoms with Gasteiger partial charge in [-0.15, -0.1) is 11.3 Å². The lowest BCUT2D eigenvalue weighted by atomic mass is 10.1. The monoisotopic (exact) mass is 403 g/mol. The van der Waals surface area contributed by atoms with E-state index in [4.69, 9.17) is 4.74 Å². The summed E-state index contributed by atoms with van der Waals surface area (Å²) in [5.41, 5.74) is 2.37. The second kappa shape index (κ2) is 8.66. The highest BCUT2D eigenvalue weighted by atomic mass is 32.1. The van der Waals surface area contributed by atoms with Crippen molar-refractivity contribution in [1.82, 2.24) is 9.97 Å². The van der Waals surface area contributed by atoms with E-state index in [-0.39, 0.29) is 18.1 Å². The summed E-state index contributed by atoms with van der Waals surface area (Å²) in [5, 5.41) is 4.95. The van der Waals surface area contributed by atoms with Crippen molar-refractivity contribution in [2.24, 2.45) is 0 Å². The van der Waals surface area contributed by atoms with Gasteiger partial charge in [-0.25, -0.2) is 14.2 Å². The Hall–Kier alpha value is -3.20. The number of amides is 1. The number of hydrogen-bond donors (Lipinski definition) is 2. The Bertz CT molecular complexity index is 999. The van der Waals surface area contributed by atoms with Gasteiger partial charge in [-0.3, -0.25) is 4.79 Å². The Kier molecular flexibility index (Phi) is 6.05. The molecule has 0 aliphatic heterocycles. The van der Waals surface area contributed by atoms with Gasteiger partial charge in [0, 0.05) is 23.6 Å². The molecule has 0 bridgehead atoms. The molecule has 2 aromatic heterocycles. The summed E-state index contributed by atoms with van der Waals surface area (Å²) in [7, 11) is 2.71. The van der Waals surface area contributed by atoms with Crippen LogP contribution in [0.4, 0.5) is 9.52 Å². The Morgan fingerprint density at radius 2 is 2.11 bits per heavy atom. The summed E-state index contributed by atoms with van der Waals surface area (Å²) < 4.78 is 23.2. The molecule has 0 fully saturated rings. The molecule has 0 aliphatic carbocycles. The second-order valence-electron chi connectivity index (χ2n) is 5.85. The molecule has 0 atom stereocenters. The number of carbonyl (C=O) groups is 2. The van der Waals surface area contributed by atoms with Crippen LogP contribution in [0.2, 0.25) is 0 Å². The molecule has 1 aromatic carbocycles. The van der Waals surface area contributed by atoms with Gasteiger partial charge in [0.25, 0.3) is 0 Å². The van der Waals surface area contributed by atoms with Gasteiger partial charge in [-0.2, -0.15) is 0 Å². The number of rotatable bonds is 7. The smallest absolute Gasteiger partial charge is 0.354 e. The molecule has 0 saturated heterocycles. The number of H-pyrrole nitrogens is 1. The fourth-order valence-corrected chi connectivity index (χ4v) is 3.27. The molecule has 3 aromatic rings. The van der Waals surface area contributed by atoms with E-state index in [9.17, 15) is 14.0 Å². The van der Waals surface area contributed by atoms with Crippen LogP contribution in [0.15, 0.2) is 35.8 Å². The second-order valence-corrected chi connectivity index (χ2v) is 6.71. The predicted octanol–water partition coefficient (Wildman–Crippen LogP) is 3.64. The van der Waals surface area contributed by atoms with E-state index in [1.807, 2.05) is 0 Å². The standard InChI is InChI=1S/C19H18FN3O4S/c1-26-16-5-3-11(7-13(16)20)4-6-17(24)23-19-22-15(10-28-19)12-8-14(21-9-12)18(25)27-2/h3,5,7-10,21H,4,6H2,1-2H3,(H,22,23,24). The normalized spacial score (nSPS) is 10.5. The zero-order valence-electron chi connectivity index (χ0n) is 15.2. The molecule has 3 rings (SSSR count). The van der Waals surface area contributed by atoms with Crippen molar-refractivity contribution in [1.29, 1.82) is 0 Å². The minimum Gasteiger partial charge on any atom is -0.494 e. The Morgan fingerprint density at radius 1 is 1.29 bits per heavy atom. The Balaban J connectivity index is 1.57. The van der Waals surface area contributed by atoms with Crippen molar-refractivity contribution in [3.8, 4) is 17.0 Å². The first-order valence-corrected chi connectivity index (χ1v) is 9.23. The van der Waals surface area contributed by atoms with Crippen LogP contribution in [0.3, 0.4) is 0 Å². The average Bonchev–Trinajstić information content (AvgIpc) is 3.35. The van der Waals surface area contributed by atoms with E-state index in [1.54, 1.807) is 23.7 Å². The fourth-order valence-electron chi connectivity index (χ4n) is 2.54. The van der Waals surface area contributed by atoms with E-state index in [0.29, 0.717) is 34.1 Å². The number of aryl methyl sites for hydroxylation is 1. The molecule has 28 heavy (non-hydrogen) atoms. The number of thiazole rings is 1. The summed E-state index contributed by atoms with van der Waals surface area (Å²) in [5.74, 6) is -0.974. The van der Waals surface area contributed by atoms with Crippen LogP contribution in [0.5, 0.6) is 5.75 Å². The summed E-state index contributed by atoms with van der Waals surface area (Å²) in [6.07, 6.45) is 2.23. The van der Waals surface area contributed by atoms with Crippen molar-refractivity contribution < 1.29 is 23.5 Å². The summed E-state index contributed by atoms with van der Waals surface area (Å²) in [6, 6.07) is 6.25. The van der Waals surface area contributed by atoms with Gasteiger partial charge in [-0.1, -0.05) is 6.07 Å². The third-order valence-electron chi connectivity index (χ3n) is 3.99. The van der Waals surface area contributed by atoms with E-state index in [0.717, 1.165) is 0 Å². The van der Waals surface area contributed by atoms with E-state index < -0.39 is 11.8 Å². The first-order valence-electron chi connectivity index (χ1n) is 8.35. The molecule has 9 heteroatoms. The molecule has 0 aliphatic rings. The van der Waals surface area contributed by atoms with Crippen molar-refractivity contribution in [3.63, 3.8) is 0 Å². The van der Waals surface area contributed by atoms with Crippen molar-refractivity contribution in [2.45, 2.75) is 12.8 Å². The number of halogens is 1. The van der Waals surface area contributed by atoms with E-state index in [2.05, 4.69) is 20.0 Å². The van der Waals surface area contributed by atoms with Gasteiger partial charge in [-0.05, 0) is 30.2 Å². The zero-order valence-corrected chi connectivity index (χ0v) is 16.1. The summed E-state index contributed by atoms with van der Waals surface area (Å²) in [6.45, 7) is 0. The highest BCUT2D eigenvalue weighted by Crippen LogP contribution is 2.26. The number of nitrogens with one attached hydrogen (secondary N) is 2. The number of carbonyl (C=O) groups excluding carboxylic acids is 2. The van der Waals surface area contributed by atoms with E-state index >= 15 is 0 Å². The molecule has 1 amide bonds. The van der Waals surface area contributed by atoms with Crippen LogP contribution >= 0.6 is 11.3 Å². The largest absolute Gasteiger partial charge is 0.494 e. The predicted molar refractivity (Wildman–Crippen MR) is 103 cm³/mol. The quantitative estimate of drug-likeness (QED) is 0.588. The van der Waals surface area contributed by atoms with Crippen molar-refractivity contribution >= 4 is 28.3 Å². The number of hydrogen-bond acceptors (Lipinski definition) is 6. The lowest BCUT2D eigenvalue weighted by molar-refractivity contribution is -0.116. The number of methoxy groups -OCH3 is 2. The number of anilines is 1. The molecule has 0 spiro atoms. The number of nitrogens with zero attached hydrogens (tertiary/aromatic N) is 1. The zero-order chi connectivity index (χ0) is 20.1. The van der Waals surface area contributed by atoms with Gasteiger partial charge in [0.1, 0.15) is 5.69 Å². The molecule has 0 unspecified atom stereocenters. The fraction of sp³-hybridized carbons (Fsp3) is 0.211. The van der Waals surface area contributed by atoms with Gasteiger partial charge in [0.2, 0.25) is 5.91 Å². The molecular weight excluding hydrogens is 385 g/mol. The minimum atomic E-state index is -0.468. The molecule has 0 radical (unpaired) electrons. The molecule has 7 nitrogen and oxygen atoms in total. The number of aromatic amines is 1. The maximum Gasteiger partial charge on any atom is 0.354 e. The summed E-state index contributed by atoms with van der Waals surface area (Å²) in [4.78, 5) is 30.8. The average molecular weight is 403 g/mol. The molecule has 146 valence electrons. The first-order chi connectivity index (χ1) is 13.5. The highest BCUT2D eigenvalue weighted by Gasteiger charge is 2.13. The lowest BCUT2D eigenvalue weighted by Gasteiger charge is -2.05. The van der Waals surface area contributed by atoms with Crippen LogP contribution in [0.1, 0.15) is 22.5 Å².